The summed E-state index contributed by atoms with van der Waals surface area (Å²) in [7, 11) is 1.52. The lowest BCUT2D eigenvalue weighted by molar-refractivity contribution is 0.112. The molecular formula is C13H14O3. The predicted octanol–water partition coefficient (Wildman–Crippen LogP) is 2.65. The van der Waals surface area contributed by atoms with Crippen LogP contribution in [-0.2, 0) is 0 Å². The summed E-state index contributed by atoms with van der Waals surface area (Å²) in [5, 5.41) is 0. The van der Waals surface area contributed by atoms with Gasteiger partial charge in [-0.1, -0.05) is 12.8 Å². The number of methoxy groups -OCH3 is 1. The minimum absolute atomic E-state index is 0.510. The highest BCUT2D eigenvalue weighted by atomic mass is 16.5. The van der Waals surface area contributed by atoms with Gasteiger partial charge in [-0.25, -0.2) is 0 Å². The second-order valence-electron chi connectivity index (χ2n) is 3.16. The number of hydrogen-bond donors (Lipinski definition) is 0. The van der Waals surface area contributed by atoms with Gasteiger partial charge in [0.05, 0.1) is 7.11 Å². The Morgan fingerprint density at radius 3 is 2.81 bits per heavy atom. The Balaban J connectivity index is 2.80. The molecule has 0 fully saturated rings. The molecule has 0 radical (unpaired) electrons. The number of aldehydes is 1. The molecule has 0 aromatic heterocycles. The minimum Gasteiger partial charge on any atom is -0.493 e. The van der Waals surface area contributed by atoms with Crippen LogP contribution in [0.3, 0.4) is 0 Å². The topological polar surface area (TPSA) is 35.5 Å². The van der Waals surface area contributed by atoms with Crippen molar-refractivity contribution in [2.75, 3.05) is 7.11 Å². The lowest BCUT2D eigenvalue weighted by Gasteiger charge is -2.05. The molecule has 84 valence electrons. The van der Waals surface area contributed by atoms with E-state index in [1.165, 1.54) is 7.11 Å². The molecule has 3 heteroatoms. The van der Waals surface area contributed by atoms with Crippen molar-refractivity contribution in [1.29, 1.82) is 0 Å². The molecule has 0 amide bonds. The Morgan fingerprint density at radius 1 is 1.38 bits per heavy atom. The van der Waals surface area contributed by atoms with E-state index >= 15 is 0 Å². The number of rotatable bonds is 4. The van der Waals surface area contributed by atoms with Gasteiger partial charge in [0.15, 0.2) is 11.5 Å². The maximum Gasteiger partial charge on any atom is 0.182 e. The van der Waals surface area contributed by atoms with E-state index in [0.29, 0.717) is 17.1 Å². The maximum absolute atomic E-state index is 10.6. The van der Waals surface area contributed by atoms with Gasteiger partial charge in [-0.15, -0.1) is 0 Å². The van der Waals surface area contributed by atoms with Crippen LogP contribution in [0.25, 0.3) is 0 Å². The van der Waals surface area contributed by atoms with Crippen LogP contribution in [0.15, 0.2) is 18.2 Å². The van der Waals surface area contributed by atoms with Crippen molar-refractivity contribution in [3.8, 4) is 23.5 Å². The van der Waals surface area contributed by atoms with E-state index in [-0.39, 0.29) is 0 Å². The SMILES string of the molecule is CCCC#COc1ccc(C=O)cc1OC. The molecule has 3 nitrogen and oxygen atoms in total. The van der Waals surface area contributed by atoms with Crippen LogP contribution in [0.4, 0.5) is 0 Å². The van der Waals surface area contributed by atoms with Crippen molar-refractivity contribution in [3.63, 3.8) is 0 Å². The van der Waals surface area contributed by atoms with Crippen LogP contribution in [-0.4, -0.2) is 13.4 Å². The molecule has 0 aliphatic rings. The average molecular weight is 218 g/mol. The third kappa shape index (κ3) is 3.32. The quantitative estimate of drug-likeness (QED) is 0.575. The minimum atomic E-state index is 0.510. The van der Waals surface area contributed by atoms with Gasteiger partial charge < -0.3 is 9.47 Å². The predicted molar refractivity (Wildman–Crippen MR) is 61.7 cm³/mol. The van der Waals surface area contributed by atoms with Gasteiger partial charge >= 0.3 is 0 Å². The average Bonchev–Trinajstić information content (AvgIpc) is 2.34. The van der Waals surface area contributed by atoms with Gasteiger partial charge in [-0.2, -0.15) is 0 Å². The molecule has 0 spiro atoms. The van der Waals surface area contributed by atoms with E-state index < -0.39 is 0 Å². The number of benzene rings is 1. The number of carbonyl (C=O) groups is 1. The number of hydrogen-bond acceptors (Lipinski definition) is 3. The monoisotopic (exact) mass is 218 g/mol. The molecule has 0 saturated carbocycles. The van der Waals surface area contributed by atoms with E-state index in [1.54, 1.807) is 18.2 Å². The van der Waals surface area contributed by atoms with Crippen molar-refractivity contribution in [3.05, 3.63) is 23.8 Å². The molecule has 1 aromatic carbocycles. The Labute approximate surface area is 95.4 Å². The smallest absolute Gasteiger partial charge is 0.182 e. The number of unbranched alkanes of at least 4 members (excludes halogenated alkanes) is 1. The zero-order chi connectivity index (χ0) is 11.8. The molecule has 0 saturated heterocycles. The third-order valence-corrected chi connectivity index (χ3v) is 1.93. The van der Waals surface area contributed by atoms with Crippen LogP contribution >= 0.6 is 0 Å². The van der Waals surface area contributed by atoms with E-state index in [4.69, 9.17) is 9.47 Å². The van der Waals surface area contributed by atoms with Crippen LogP contribution in [0, 0.1) is 12.0 Å². The molecule has 0 atom stereocenters. The summed E-state index contributed by atoms with van der Waals surface area (Å²) < 4.78 is 10.3. The van der Waals surface area contributed by atoms with Crippen molar-refractivity contribution in [2.24, 2.45) is 0 Å². The first-order chi connectivity index (χ1) is 7.81. The first-order valence-corrected chi connectivity index (χ1v) is 5.09. The summed E-state index contributed by atoms with van der Waals surface area (Å²) in [6.45, 7) is 2.05. The van der Waals surface area contributed by atoms with Crippen molar-refractivity contribution >= 4 is 6.29 Å². The Bertz CT molecular complexity index is 413. The van der Waals surface area contributed by atoms with Gasteiger partial charge in [0.1, 0.15) is 12.4 Å². The summed E-state index contributed by atoms with van der Waals surface area (Å²) in [5.74, 6) is 3.90. The fraction of sp³-hybridized carbons (Fsp3) is 0.308. The second-order valence-corrected chi connectivity index (χ2v) is 3.16. The summed E-state index contributed by atoms with van der Waals surface area (Å²) in [6, 6.07) is 4.94. The molecular weight excluding hydrogens is 204 g/mol. The molecule has 1 aromatic rings. The van der Waals surface area contributed by atoms with Crippen LogP contribution in [0.1, 0.15) is 30.1 Å². The summed E-state index contributed by atoms with van der Waals surface area (Å²) in [4.78, 5) is 10.6. The standard InChI is InChI=1S/C13H14O3/c1-3-4-5-8-16-12-7-6-11(10-14)9-13(12)15-2/h6-7,9-10H,3-4H2,1-2H3. The molecule has 0 heterocycles. The zero-order valence-electron chi connectivity index (χ0n) is 9.45. The van der Waals surface area contributed by atoms with E-state index in [9.17, 15) is 4.79 Å². The van der Waals surface area contributed by atoms with Gasteiger partial charge in [0, 0.05) is 12.0 Å². The van der Waals surface area contributed by atoms with Crippen LogP contribution in [0.5, 0.6) is 11.5 Å². The Kier molecular flexibility index (Phi) is 4.94. The molecule has 0 N–H and O–H groups in total. The van der Waals surface area contributed by atoms with Crippen molar-refractivity contribution in [2.45, 2.75) is 19.8 Å². The summed E-state index contributed by atoms with van der Waals surface area (Å²) in [5.41, 5.74) is 0.547. The number of carbonyl (C=O) groups excluding carboxylic acids is 1. The summed E-state index contributed by atoms with van der Waals surface area (Å²) in [6.07, 6.45) is 5.15. The molecule has 0 aliphatic heterocycles. The van der Waals surface area contributed by atoms with Gasteiger partial charge in [-0.05, 0) is 24.6 Å². The number of ether oxygens (including phenoxy) is 2. The molecule has 0 aliphatic carbocycles. The normalized spacial score (nSPS) is 8.88. The lowest BCUT2D eigenvalue weighted by Crippen LogP contribution is -1.91. The maximum atomic E-state index is 10.6. The molecule has 16 heavy (non-hydrogen) atoms. The van der Waals surface area contributed by atoms with E-state index in [0.717, 1.165) is 19.1 Å². The first kappa shape index (κ1) is 12.1. The fourth-order valence-corrected chi connectivity index (χ4v) is 1.11. The lowest BCUT2D eigenvalue weighted by atomic mass is 10.2. The van der Waals surface area contributed by atoms with Crippen LogP contribution in [0.2, 0.25) is 0 Å². The zero-order valence-corrected chi connectivity index (χ0v) is 9.45. The van der Waals surface area contributed by atoms with Gasteiger partial charge in [0.25, 0.3) is 0 Å². The molecule has 0 unspecified atom stereocenters. The third-order valence-electron chi connectivity index (χ3n) is 1.93. The van der Waals surface area contributed by atoms with Crippen molar-refractivity contribution in [1.82, 2.24) is 0 Å². The highest BCUT2D eigenvalue weighted by Gasteiger charge is 2.04. The molecule has 1 rings (SSSR count). The highest BCUT2D eigenvalue weighted by molar-refractivity contribution is 5.76. The second kappa shape index (κ2) is 6.52. The summed E-state index contributed by atoms with van der Waals surface area (Å²) >= 11 is 0. The van der Waals surface area contributed by atoms with Gasteiger partial charge in [-0.3, -0.25) is 4.79 Å². The fourth-order valence-electron chi connectivity index (χ4n) is 1.11. The van der Waals surface area contributed by atoms with Crippen molar-refractivity contribution < 1.29 is 14.3 Å². The Hall–Kier alpha value is -1.95. The van der Waals surface area contributed by atoms with Gasteiger partial charge in [0.2, 0.25) is 0 Å². The molecule has 0 bridgehead atoms. The van der Waals surface area contributed by atoms with E-state index in [1.807, 2.05) is 6.92 Å². The van der Waals surface area contributed by atoms with E-state index in [2.05, 4.69) is 12.0 Å². The highest BCUT2D eigenvalue weighted by Crippen LogP contribution is 2.27. The Morgan fingerprint density at radius 2 is 2.19 bits per heavy atom. The largest absolute Gasteiger partial charge is 0.493 e. The first-order valence-electron chi connectivity index (χ1n) is 5.09. The van der Waals surface area contributed by atoms with Crippen LogP contribution < -0.4 is 9.47 Å².